The van der Waals surface area contributed by atoms with E-state index < -0.39 is 34.7 Å². The fraction of sp³-hybridized carbons (Fsp3) is 1.00. The van der Waals surface area contributed by atoms with Gasteiger partial charge in [-0.05, 0) is 0 Å². The molecule has 0 spiro atoms. The largest absolute Gasteiger partial charge is 0.357 e. The topological polar surface area (TPSA) is 243 Å². The molecule has 0 bridgehead atoms. The summed E-state index contributed by atoms with van der Waals surface area (Å²) in [5, 5.41) is 108. The van der Waals surface area contributed by atoms with Crippen LogP contribution in [-0.2, 0) is 0 Å². The average molecular weight is 276 g/mol. The van der Waals surface area contributed by atoms with E-state index in [1.807, 2.05) is 0 Å². The zero-order valence-corrected chi connectivity index (χ0v) is 8.37. The quantitative estimate of drug-likeness (QED) is 0.184. The van der Waals surface area contributed by atoms with E-state index in [1.165, 1.54) is 0 Å². The molecular formula is C6H12O12. The van der Waals surface area contributed by atoms with Crippen LogP contribution in [0.3, 0.4) is 0 Å². The molecule has 12 heteroatoms. The summed E-state index contributed by atoms with van der Waals surface area (Å²) in [6.45, 7) is 0. The molecule has 12 N–H and O–H groups in total. The second-order valence-electron chi connectivity index (χ2n) is 4.03. The second kappa shape index (κ2) is 3.15. The van der Waals surface area contributed by atoms with Crippen LogP contribution in [-0.4, -0.2) is 96.0 Å². The van der Waals surface area contributed by atoms with Crippen LogP contribution >= 0.6 is 0 Å². The molecule has 1 aliphatic rings. The molecule has 0 aromatic carbocycles. The van der Waals surface area contributed by atoms with Gasteiger partial charge in [-0.3, -0.25) is 0 Å². The first-order valence-corrected chi connectivity index (χ1v) is 4.18. The molecule has 0 aromatic rings. The highest BCUT2D eigenvalue weighted by Crippen LogP contribution is 2.52. The average Bonchev–Trinajstić information content (AvgIpc) is 2.14. The molecule has 18 heavy (non-hydrogen) atoms. The Hall–Kier alpha value is -0.480. The zero-order chi connectivity index (χ0) is 15.0. The lowest BCUT2D eigenvalue weighted by Gasteiger charge is -2.60. The van der Waals surface area contributed by atoms with E-state index in [-0.39, 0.29) is 0 Å². The van der Waals surface area contributed by atoms with E-state index >= 15 is 0 Å². The van der Waals surface area contributed by atoms with E-state index in [2.05, 4.69) is 0 Å². The van der Waals surface area contributed by atoms with Crippen molar-refractivity contribution in [2.45, 2.75) is 34.7 Å². The fourth-order valence-corrected chi connectivity index (χ4v) is 1.46. The highest BCUT2D eigenvalue weighted by Gasteiger charge is 2.91. The molecule has 12 nitrogen and oxygen atoms in total. The van der Waals surface area contributed by atoms with E-state index in [1.54, 1.807) is 0 Å². The summed E-state index contributed by atoms with van der Waals surface area (Å²) in [5.74, 6) is -28.8. The molecule has 1 saturated carbocycles. The molecule has 0 aromatic heterocycles. The maximum Gasteiger partial charge on any atom is 0.286 e. The predicted molar refractivity (Wildman–Crippen MR) is 43.0 cm³/mol. The third kappa shape index (κ3) is 1.14. The normalized spacial score (nSPS) is 34.0. The van der Waals surface area contributed by atoms with Gasteiger partial charge in [-0.1, -0.05) is 0 Å². The maximum atomic E-state index is 9.03. The lowest BCUT2D eigenvalue weighted by Crippen LogP contribution is -2.95. The van der Waals surface area contributed by atoms with Gasteiger partial charge in [0.1, 0.15) is 0 Å². The van der Waals surface area contributed by atoms with Crippen LogP contribution in [0.5, 0.6) is 0 Å². The van der Waals surface area contributed by atoms with Crippen LogP contribution in [0.15, 0.2) is 0 Å². The fourth-order valence-electron chi connectivity index (χ4n) is 1.46. The van der Waals surface area contributed by atoms with E-state index in [0.29, 0.717) is 0 Å². The van der Waals surface area contributed by atoms with Gasteiger partial charge in [-0.25, -0.2) is 0 Å². The molecule has 108 valence electrons. The lowest BCUT2D eigenvalue weighted by molar-refractivity contribution is -0.636. The summed E-state index contributed by atoms with van der Waals surface area (Å²) in [5.41, 5.74) is 0. The minimum atomic E-state index is -4.80. The van der Waals surface area contributed by atoms with Crippen molar-refractivity contribution in [1.82, 2.24) is 0 Å². The van der Waals surface area contributed by atoms with E-state index in [9.17, 15) is 0 Å². The van der Waals surface area contributed by atoms with Gasteiger partial charge in [0.05, 0.1) is 0 Å². The van der Waals surface area contributed by atoms with Crippen LogP contribution in [0.4, 0.5) is 0 Å². The Labute approximate surface area is 97.1 Å². The van der Waals surface area contributed by atoms with Crippen LogP contribution in [0.1, 0.15) is 0 Å². The van der Waals surface area contributed by atoms with Crippen LogP contribution in [0.2, 0.25) is 0 Å². The summed E-state index contributed by atoms with van der Waals surface area (Å²) in [4.78, 5) is 0. The molecule has 1 fully saturated rings. The van der Waals surface area contributed by atoms with Crippen molar-refractivity contribution in [2.75, 3.05) is 0 Å². The second-order valence-corrected chi connectivity index (χ2v) is 4.03. The van der Waals surface area contributed by atoms with Gasteiger partial charge < -0.3 is 61.3 Å². The van der Waals surface area contributed by atoms with Crippen molar-refractivity contribution in [1.29, 1.82) is 0 Å². The summed E-state index contributed by atoms with van der Waals surface area (Å²) < 4.78 is 0. The van der Waals surface area contributed by atoms with Crippen molar-refractivity contribution in [3.63, 3.8) is 0 Å². The third-order valence-electron chi connectivity index (χ3n) is 2.92. The molecule has 1 aliphatic carbocycles. The predicted octanol–water partition coefficient (Wildman–Crippen LogP) is -7.91. The molecule has 0 unspecified atom stereocenters. The standard InChI is InChI=1S/C6H12O12/c7-1(8)2(9,10)4(13,14)6(17,18)5(15,16)3(1,11)12/h7-18H. The number of hydrogen-bond acceptors (Lipinski definition) is 12. The van der Waals surface area contributed by atoms with Gasteiger partial charge in [0, 0.05) is 0 Å². The Morgan fingerprint density at radius 2 is 0.278 bits per heavy atom. The minimum absolute atomic E-state index is 4.80. The summed E-state index contributed by atoms with van der Waals surface area (Å²) in [7, 11) is 0. The highest BCUT2D eigenvalue weighted by molar-refractivity contribution is 5.20. The first kappa shape index (κ1) is 15.6. The van der Waals surface area contributed by atoms with E-state index in [4.69, 9.17) is 61.3 Å². The SMILES string of the molecule is OC1(O)C(O)(O)C(O)(O)C(O)(O)C(O)(O)C1(O)O. The maximum absolute atomic E-state index is 9.03. The first-order chi connectivity index (χ1) is 7.50. The van der Waals surface area contributed by atoms with Crippen LogP contribution in [0, 0.1) is 0 Å². The Morgan fingerprint density at radius 3 is 0.333 bits per heavy atom. The van der Waals surface area contributed by atoms with Crippen LogP contribution < -0.4 is 0 Å². The first-order valence-electron chi connectivity index (χ1n) is 4.18. The Kier molecular flexibility index (Phi) is 2.73. The monoisotopic (exact) mass is 276 g/mol. The zero-order valence-electron chi connectivity index (χ0n) is 8.37. The molecule has 0 heterocycles. The van der Waals surface area contributed by atoms with E-state index in [0.717, 1.165) is 0 Å². The van der Waals surface area contributed by atoms with Gasteiger partial charge in [-0.15, -0.1) is 0 Å². The van der Waals surface area contributed by atoms with Crippen molar-refractivity contribution in [3.05, 3.63) is 0 Å². The number of hydrogen-bond donors (Lipinski definition) is 12. The summed E-state index contributed by atoms with van der Waals surface area (Å²) >= 11 is 0. The molecule has 0 aliphatic heterocycles. The van der Waals surface area contributed by atoms with Crippen molar-refractivity contribution >= 4 is 0 Å². The van der Waals surface area contributed by atoms with Gasteiger partial charge in [0.25, 0.3) is 34.7 Å². The number of aliphatic hydroxyl groups is 12. The third-order valence-corrected chi connectivity index (χ3v) is 2.92. The molecule has 0 atom stereocenters. The molecule has 0 radical (unpaired) electrons. The summed E-state index contributed by atoms with van der Waals surface area (Å²) in [6, 6.07) is 0. The minimum Gasteiger partial charge on any atom is -0.357 e. The Morgan fingerprint density at radius 1 is 0.222 bits per heavy atom. The van der Waals surface area contributed by atoms with Gasteiger partial charge in [-0.2, -0.15) is 0 Å². The Balaban J connectivity index is 3.72. The smallest absolute Gasteiger partial charge is 0.286 e. The Bertz CT molecular complexity index is 248. The summed E-state index contributed by atoms with van der Waals surface area (Å²) in [6.07, 6.45) is 0. The lowest BCUT2D eigenvalue weighted by atomic mass is 9.70. The highest BCUT2D eigenvalue weighted by atomic mass is 16.7. The van der Waals surface area contributed by atoms with Crippen molar-refractivity contribution < 1.29 is 61.3 Å². The van der Waals surface area contributed by atoms with Gasteiger partial charge in [0.2, 0.25) is 0 Å². The van der Waals surface area contributed by atoms with Crippen molar-refractivity contribution in [2.24, 2.45) is 0 Å². The molecular weight excluding hydrogens is 264 g/mol. The van der Waals surface area contributed by atoms with Crippen molar-refractivity contribution in [3.8, 4) is 0 Å². The van der Waals surface area contributed by atoms with Crippen LogP contribution in [0.25, 0.3) is 0 Å². The molecule has 0 saturated heterocycles. The van der Waals surface area contributed by atoms with Gasteiger partial charge >= 0.3 is 0 Å². The molecule has 0 amide bonds. The van der Waals surface area contributed by atoms with Gasteiger partial charge in [0.15, 0.2) is 0 Å². The molecule has 1 rings (SSSR count). The number of rotatable bonds is 0.